The number of halogens is 1. The maximum absolute atomic E-state index is 13.4. The van der Waals surface area contributed by atoms with Crippen LogP contribution >= 0.6 is 0 Å². The molecule has 3 heteroatoms. The van der Waals surface area contributed by atoms with E-state index in [2.05, 4.69) is 0 Å². The van der Waals surface area contributed by atoms with Crippen molar-refractivity contribution in [3.8, 4) is 0 Å². The van der Waals surface area contributed by atoms with Gasteiger partial charge in [0.1, 0.15) is 5.82 Å². The van der Waals surface area contributed by atoms with E-state index < -0.39 is 5.97 Å². The van der Waals surface area contributed by atoms with Gasteiger partial charge in [0.2, 0.25) is 0 Å². The highest BCUT2D eigenvalue weighted by Gasteiger charge is 2.33. The molecule has 0 saturated heterocycles. The van der Waals surface area contributed by atoms with Crippen molar-refractivity contribution in [3.63, 3.8) is 0 Å². The smallest absolute Gasteiger partial charge is 0.303 e. The van der Waals surface area contributed by atoms with Crippen LogP contribution in [0.5, 0.6) is 0 Å². The molecule has 1 atom stereocenters. The van der Waals surface area contributed by atoms with Crippen LogP contribution in [0.25, 0.3) is 0 Å². The third-order valence-electron chi connectivity index (χ3n) is 3.21. The summed E-state index contributed by atoms with van der Waals surface area (Å²) in [6.45, 7) is 1.71. The Bertz CT molecular complexity index is 410. The van der Waals surface area contributed by atoms with Gasteiger partial charge in [0, 0.05) is 0 Å². The number of rotatable bonds is 4. The number of aryl methyl sites for hydroxylation is 1. The van der Waals surface area contributed by atoms with Crippen LogP contribution in [0.2, 0.25) is 0 Å². The lowest BCUT2D eigenvalue weighted by atomic mass is 9.90. The van der Waals surface area contributed by atoms with Crippen LogP contribution in [0.15, 0.2) is 18.2 Å². The van der Waals surface area contributed by atoms with Crippen LogP contribution in [-0.2, 0) is 4.79 Å². The van der Waals surface area contributed by atoms with Crippen LogP contribution < -0.4 is 0 Å². The molecule has 0 amide bonds. The summed E-state index contributed by atoms with van der Waals surface area (Å²) < 4.78 is 13.4. The lowest BCUT2D eigenvalue weighted by Gasteiger charge is -2.14. The predicted octanol–water partition coefficient (Wildman–Crippen LogP) is 3.10. The zero-order valence-corrected chi connectivity index (χ0v) is 9.24. The summed E-state index contributed by atoms with van der Waals surface area (Å²) in [6.07, 6.45) is 2.23. The normalized spacial score (nSPS) is 17.1. The van der Waals surface area contributed by atoms with Crippen LogP contribution in [0.4, 0.5) is 4.39 Å². The molecule has 2 rings (SSSR count). The summed E-state index contributed by atoms with van der Waals surface area (Å²) in [5, 5.41) is 8.85. The largest absolute Gasteiger partial charge is 0.481 e. The Morgan fingerprint density at radius 3 is 2.75 bits per heavy atom. The third-order valence-corrected chi connectivity index (χ3v) is 3.21. The molecule has 1 aromatic rings. The van der Waals surface area contributed by atoms with E-state index in [9.17, 15) is 9.18 Å². The van der Waals surface area contributed by atoms with E-state index in [0.29, 0.717) is 11.5 Å². The topological polar surface area (TPSA) is 37.3 Å². The number of carboxylic acids is 1. The molecule has 1 saturated carbocycles. The van der Waals surface area contributed by atoms with Gasteiger partial charge in [0.15, 0.2) is 0 Å². The lowest BCUT2D eigenvalue weighted by molar-refractivity contribution is -0.137. The first-order valence-electron chi connectivity index (χ1n) is 5.56. The zero-order valence-electron chi connectivity index (χ0n) is 9.24. The maximum Gasteiger partial charge on any atom is 0.303 e. The van der Waals surface area contributed by atoms with Gasteiger partial charge in [0.05, 0.1) is 6.42 Å². The molecular weight excluding hydrogens is 207 g/mol. The number of aliphatic carboxylic acids is 1. The second-order valence-corrected chi connectivity index (χ2v) is 4.55. The second-order valence-electron chi connectivity index (χ2n) is 4.55. The van der Waals surface area contributed by atoms with Gasteiger partial charge < -0.3 is 5.11 Å². The Morgan fingerprint density at radius 1 is 1.56 bits per heavy atom. The van der Waals surface area contributed by atoms with Gasteiger partial charge in [-0.05, 0) is 48.8 Å². The van der Waals surface area contributed by atoms with E-state index in [4.69, 9.17) is 5.11 Å². The van der Waals surface area contributed by atoms with Crippen molar-refractivity contribution >= 4 is 5.97 Å². The van der Waals surface area contributed by atoms with Gasteiger partial charge in [-0.25, -0.2) is 4.39 Å². The second kappa shape index (κ2) is 4.24. The highest BCUT2D eigenvalue weighted by atomic mass is 19.1. The average Bonchev–Trinajstić information content (AvgIpc) is 3.02. The highest BCUT2D eigenvalue weighted by molar-refractivity contribution is 5.68. The van der Waals surface area contributed by atoms with E-state index in [0.717, 1.165) is 18.4 Å². The fourth-order valence-corrected chi connectivity index (χ4v) is 2.08. The van der Waals surface area contributed by atoms with Crippen molar-refractivity contribution in [1.29, 1.82) is 0 Å². The molecule has 0 heterocycles. The third kappa shape index (κ3) is 2.40. The van der Waals surface area contributed by atoms with Gasteiger partial charge in [0.25, 0.3) is 0 Å². The first-order chi connectivity index (χ1) is 7.58. The monoisotopic (exact) mass is 222 g/mol. The van der Waals surface area contributed by atoms with Crippen LogP contribution in [0, 0.1) is 18.7 Å². The maximum atomic E-state index is 13.4. The van der Waals surface area contributed by atoms with Gasteiger partial charge in [-0.15, -0.1) is 0 Å². The summed E-state index contributed by atoms with van der Waals surface area (Å²) in [6, 6.07) is 5.06. The van der Waals surface area contributed by atoms with Crippen molar-refractivity contribution in [2.75, 3.05) is 0 Å². The number of hydrogen-bond donors (Lipinski definition) is 1. The summed E-state index contributed by atoms with van der Waals surface area (Å²) in [5.41, 5.74) is 1.43. The Balaban J connectivity index is 2.24. The molecule has 0 aliphatic heterocycles. The SMILES string of the molecule is Cc1ccc(C(CC(=O)O)C2CC2)cc1F. The van der Waals surface area contributed by atoms with E-state index in [-0.39, 0.29) is 18.2 Å². The van der Waals surface area contributed by atoms with Crippen molar-refractivity contribution in [3.05, 3.63) is 35.1 Å². The minimum atomic E-state index is -0.808. The summed E-state index contributed by atoms with van der Waals surface area (Å²) in [7, 11) is 0. The molecule has 1 aliphatic carbocycles. The quantitative estimate of drug-likeness (QED) is 0.849. The van der Waals surface area contributed by atoms with Crippen LogP contribution in [0.1, 0.15) is 36.3 Å². The molecule has 1 fully saturated rings. The Labute approximate surface area is 94.1 Å². The fourth-order valence-electron chi connectivity index (χ4n) is 2.08. The van der Waals surface area contributed by atoms with Gasteiger partial charge in [-0.1, -0.05) is 12.1 Å². The first kappa shape index (κ1) is 11.1. The van der Waals surface area contributed by atoms with Crippen molar-refractivity contribution in [2.24, 2.45) is 5.92 Å². The molecule has 1 unspecified atom stereocenters. The fraction of sp³-hybridized carbons (Fsp3) is 0.462. The van der Waals surface area contributed by atoms with E-state index in [1.165, 1.54) is 6.07 Å². The molecule has 0 aromatic heterocycles. The van der Waals surface area contributed by atoms with Gasteiger partial charge in [-0.2, -0.15) is 0 Å². The van der Waals surface area contributed by atoms with E-state index in [1.54, 1.807) is 13.0 Å². The Hall–Kier alpha value is -1.38. The molecule has 0 bridgehead atoms. The molecule has 1 aromatic carbocycles. The van der Waals surface area contributed by atoms with Gasteiger partial charge in [-0.3, -0.25) is 4.79 Å². The summed E-state index contributed by atoms with van der Waals surface area (Å²) >= 11 is 0. The van der Waals surface area contributed by atoms with Crippen molar-refractivity contribution < 1.29 is 14.3 Å². The molecule has 1 N–H and O–H groups in total. The van der Waals surface area contributed by atoms with Crippen molar-refractivity contribution in [2.45, 2.75) is 32.1 Å². The lowest BCUT2D eigenvalue weighted by Crippen LogP contribution is -2.08. The predicted molar refractivity (Wildman–Crippen MR) is 58.9 cm³/mol. The average molecular weight is 222 g/mol. The molecular formula is C13H15FO2. The standard InChI is InChI=1S/C13H15FO2/c1-8-2-3-10(6-12(8)14)11(7-13(15)16)9-4-5-9/h2-3,6,9,11H,4-5,7H2,1H3,(H,15,16). The minimum absolute atomic E-state index is 0.0207. The molecule has 0 spiro atoms. The molecule has 86 valence electrons. The molecule has 1 aliphatic rings. The number of benzene rings is 1. The van der Waals surface area contributed by atoms with E-state index in [1.807, 2.05) is 6.07 Å². The number of carboxylic acid groups (broad SMARTS) is 1. The Kier molecular flexibility index (Phi) is 2.95. The van der Waals surface area contributed by atoms with Crippen molar-refractivity contribution in [1.82, 2.24) is 0 Å². The minimum Gasteiger partial charge on any atom is -0.481 e. The molecule has 16 heavy (non-hydrogen) atoms. The van der Waals surface area contributed by atoms with Crippen LogP contribution in [0.3, 0.4) is 0 Å². The highest BCUT2D eigenvalue weighted by Crippen LogP contribution is 2.44. The molecule has 2 nitrogen and oxygen atoms in total. The Morgan fingerprint density at radius 2 is 2.25 bits per heavy atom. The summed E-state index contributed by atoms with van der Waals surface area (Å²) in [4.78, 5) is 10.8. The molecule has 0 radical (unpaired) electrons. The zero-order chi connectivity index (χ0) is 11.7. The summed E-state index contributed by atoms with van der Waals surface area (Å²) in [5.74, 6) is -0.641. The number of carbonyl (C=O) groups is 1. The van der Waals surface area contributed by atoms with E-state index >= 15 is 0 Å². The van der Waals surface area contributed by atoms with Crippen LogP contribution in [-0.4, -0.2) is 11.1 Å². The van der Waals surface area contributed by atoms with Gasteiger partial charge >= 0.3 is 5.97 Å². The number of hydrogen-bond acceptors (Lipinski definition) is 1. The first-order valence-corrected chi connectivity index (χ1v) is 5.56.